The predicted molar refractivity (Wildman–Crippen MR) is 142 cm³/mol. The summed E-state index contributed by atoms with van der Waals surface area (Å²) < 4.78 is 64.5. The van der Waals surface area contributed by atoms with Crippen molar-refractivity contribution in [2.24, 2.45) is 0 Å². The molecule has 0 saturated carbocycles. The molecular weight excluding hydrogens is 634 g/mol. The number of aliphatic hydroxyl groups is 8. The maximum absolute atomic E-state index is 13.1. The summed E-state index contributed by atoms with van der Waals surface area (Å²) in [6.45, 7) is -0.513. The molecule has 256 valence electrons. The Morgan fingerprint density at radius 3 is 1.98 bits per heavy atom. The Morgan fingerprint density at radius 1 is 0.778 bits per heavy atom. The van der Waals surface area contributed by atoms with Gasteiger partial charge in [-0.15, -0.1) is 0 Å². The van der Waals surface area contributed by atoms with Gasteiger partial charge in [0.15, 0.2) is 18.9 Å². The van der Waals surface area contributed by atoms with Gasteiger partial charge in [-0.05, 0) is 19.1 Å². The van der Waals surface area contributed by atoms with E-state index in [1.807, 2.05) is 0 Å². The molecule has 45 heavy (non-hydrogen) atoms. The maximum Gasteiger partial charge on any atom is 0.397 e. The number of ether oxygens (including phenoxy) is 5. The molecular formula is C25H37NO18S. The molecule has 0 aromatic heterocycles. The highest BCUT2D eigenvalue weighted by Crippen LogP contribution is 2.33. The van der Waals surface area contributed by atoms with Crippen LogP contribution in [-0.2, 0) is 38.3 Å². The first kappa shape index (κ1) is 35.9. The first-order valence-corrected chi connectivity index (χ1v) is 15.1. The summed E-state index contributed by atoms with van der Waals surface area (Å²) in [5, 5.41) is 85.5. The quantitative estimate of drug-likeness (QED) is 0.104. The lowest BCUT2D eigenvalue weighted by atomic mass is 9.94. The molecule has 0 radical (unpaired) electrons. The molecule has 0 spiro atoms. The first-order valence-electron chi connectivity index (χ1n) is 13.8. The Labute approximate surface area is 256 Å². The van der Waals surface area contributed by atoms with Crippen LogP contribution in [0.1, 0.15) is 17.3 Å². The third-order valence-electron chi connectivity index (χ3n) is 7.62. The van der Waals surface area contributed by atoms with Crippen LogP contribution in [0.25, 0.3) is 0 Å². The number of nitrogens with one attached hydrogen (secondary N) is 1. The van der Waals surface area contributed by atoms with Gasteiger partial charge in [0.05, 0.1) is 19.3 Å². The van der Waals surface area contributed by atoms with Gasteiger partial charge in [-0.3, -0.25) is 9.35 Å². The molecule has 15 atom stereocenters. The van der Waals surface area contributed by atoms with E-state index in [2.05, 4.69) is 9.50 Å². The molecule has 3 aliphatic heterocycles. The Balaban J connectivity index is 1.70. The van der Waals surface area contributed by atoms with E-state index >= 15 is 0 Å². The highest BCUT2D eigenvalue weighted by molar-refractivity contribution is 7.80. The number of hydrogen-bond donors (Lipinski definition) is 10. The van der Waals surface area contributed by atoms with Crippen LogP contribution in [0, 0.1) is 0 Å². The SMILES string of the molecule is C[C@@H]1O[C@@H](O[C@@H]2[C@@H](NC(=O)c3ccccc3)[C@H](O)O[C@H](CO)[C@H]2O[C@@H]2O[C@H](CO)[C@H](O)[C@H](OS(=O)(=O)O)[C@H]2O)[C@@H](O)[C@H](O)[C@@H]1O. The Morgan fingerprint density at radius 2 is 1.38 bits per heavy atom. The lowest BCUT2D eigenvalue weighted by molar-refractivity contribution is -0.369. The smallest absolute Gasteiger partial charge is 0.394 e. The van der Waals surface area contributed by atoms with Gasteiger partial charge < -0.3 is 69.9 Å². The van der Waals surface area contributed by atoms with Gasteiger partial charge in [0.1, 0.15) is 67.1 Å². The summed E-state index contributed by atoms with van der Waals surface area (Å²) in [7, 11) is -5.27. The lowest BCUT2D eigenvalue weighted by Gasteiger charge is -2.49. The molecule has 4 rings (SSSR count). The number of aliphatic hydroxyl groups excluding tert-OH is 8. The number of benzene rings is 1. The van der Waals surface area contributed by atoms with Crippen molar-refractivity contribution in [2.75, 3.05) is 13.2 Å². The molecule has 20 heteroatoms. The van der Waals surface area contributed by atoms with Crippen LogP contribution in [0.15, 0.2) is 30.3 Å². The van der Waals surface area contributed by atoms with Crippen LogP contribution in [0.5, 0.6) is 0 Å². The van der Waals surface area contributed by atoms with E-state index in [0.717, 1.165) is 0 Å². The van der Waals surface area contributed by atoms with Gasteiger partial charge >= 0.3 is 10.4 Å². The molecule has 1 aromatic rings. The van der Waals surface area contributed by atoms with Crippen molar-refractivity contribution in [3.05, 3.63) is 35.9 Å². The highest BCUT2D eigenvalue weighted by Gasteiger charge is 2.55. The predicted octanol–water partition coefficient (Wildman–Crippen LogP) is -5.28. The normalized spacial score (nSPS) is 42.7. The van der Waals surface area contributed by atoms with E-state index in [1.165, 1.54) is 19.1 Å². The van der Waals surface area contributed by atoms with Gasteiger partial charge in [0.2, 0.25) is 0 Å². The first-order chi connectivity index (χ1) is 21.2. The topological polar surface area (TPSA) is 301 Å². The van der Waals surface area contributed by atoms with E-state index in [9.17, 15) is 58.6 Å². The monoisotopic (exact) mass is 671 g/mol. The summed E-state index contributed by atoms with van der Waals surface area (Å²) >= 11 is 0. The number of rotatable bonds is 10. The molecule has 1 amide bonds. The average molecular weight is 672 g/mol. The molecule has 3 heterocycles. The molecule has 3 fully saturated rings. The van der Waals surface area contributed by atoms with Gasteiger partial charge in [-0.1, -0.05) is 18.2 Å². The summed E-state index contributed by atoms with van der Waals surface area (Å²) in [4.78, 5) is 13.1. The van der Waals surface area contributed by atoms with Gasteiger partial charge in [-0.25, -0.2) is 4.18 Å². The van der Waals surface area contributed by atoms with Crippen molar-refractivity contribution in [1.29, 1.82) is 0 Å². The second-order valence-electron chi connectivity index (χ2n) is 10.7. The van der Waals surface area contributed by atoms with E-state index < -0.39 is 122 Å². The minimum Gasteiger partial charge on any atom is -0.394 e. The van der Waals surface area contributed by atoms with Crippen LogP contribution in [0.2, 0.25) is 0 Å². The van der Waals surface area contributed by atoms with Crippen LogP contribution in [0.3, 0.4) is 0 Å². The second kappa shape index (κ2) is 14.9. The van der Waals surface area contributed by atoms with Crippen molar-refractivity contribution >= 4 is 16.3 Å². The molecule has 1 aromatic carbocycles. The number of amides is 1. The van der Waals surface area contributed by atoms with Gasteiger partial charge in [0, 0.05) is 5.56 Å². The highest BCUT2D eigenvalue weighted by atomic mass is 32.3. The molecule has 0 bridgehead atoms. The van der Waals surface area contributed by atoms with Crippen LogP contribution in [-0.4, -0.2) is 165 Å². The van der Waals surface area contributed by atoms with Crippen molar-refractivity contribution in [2.45, 2.75) is 99.0 Å². The maximum atomic E-state index is 13.1. The fourth-order valence-corrected chi connectivity index (χ4v) is 5.73. The van der Waals surface area contributed by atoms with E-state index in [0.29, 0.717) is 0 Å². The molecule has 0 unspecified atom stereocenters. The number of carbonyl (C=O) groups is 1. The standard InChI is InChI=1S/C25H37NO18S/c1-9-14(29)16(31)17(32)24(39-9)43-20-13(26-22(34)10-5-3-2-4-6-10)23(35)40-12(8-28)19(20)42-25-18(33)21(44-45(36,37)38)15(30)11(7-27)41-25/h2-6,9,11-21,23-25,27-33,35H,7-8H2,1H3,(H,26,34)(H,36,37,38)/t9-,11+,12+,13+,14+,15-,16+,17-,18+,19+,20+,21-,23+,24-,25-/m0/s1. The van der Waals surface area contributed by atoms with Crippen molar-refractivity contribution in [3.63, 3.8) is 0 Å². The summed E-state index contributed by atoms with van der Waals surface area (Å²) in [6.07, 6.45) is -25.0. The number of hydrogen-bond acceptors (Lipinski definition) is 17. The molecule has 3 saturated heterocycles. The molecule has 10 N–H and O–H groups in total. The fraction of sp³-hybridized carbons (Fsp3) is 0.720. The average Bonchev–Trinajstić information content (AvgIpc) is 3.00. The largest absolute Gasteiger partial charge is 0.397 e. The van der Waals surface area contributed by atoms with Gasteiger partial charge in [0.25, 0.3) is 5.91 Å². The molecule has 0 aliphatic carbocycles. The summed E-state index contributed by atoms with van der Waals surface area (Å²) in [6, 6.07) is 6.05. The summed E-state index contributed by atoms with van der Waals surface area (Å²) in [5.41, 5.74) is 0.127. The Bertz CT molecular complexity index is 1230. The lowest BCUT2D eigenvalue weighted by Crippen LogP contribution is -2.69. The zero-order valence-corrected chi connectivity index (χ0v) is 24.4. The van der Waals surface area contributed by atoms with Crippen LogP contribution < -0.4 is 5.32 Å². The van der Waals surface area contributed by atoms with Crippen LogP contribution in [0.4, 0.5) is 0 Å². The zero-order valence-electron chi connectivity index (χ0n) is 23.6. The van der Waals surface area contributed by atoms with E-state index in [4.69, 9.17) is 23.7 Å². The van der Waals surface area contributed by atoms with Gasteiger partial charge in [-0.2, -0.15) is 8.42 Å². The van der Waals surface area contributed by atoms with Crippen LogP contribution >= 0.6 is 0 Å². The Hall–Kier alpha value is -1.96. The number of carbonyl (C=O) groups excluding carboxylic acids is 1. The molecule has 19 nitrogen and oxygen atoms in total. The van der Waals surface area contributed by atoms with Crippen molar-refractivity contribution in [1.82, 2.24) is 5.32 Å². The Kier molecular flexibility index (Phi) is 11.8. The summed E-state index contributed by atoms with van der Waals surface area (Å²) in [5.74, 6) is -0.758. The third kappa shape index (κ3) is 8.13. The van der Waals surface area contributed by atoms with E-state index in [-0.39, 0.29) is 5.56 Å². The van der Waals surface area contributed by atoms with Crippen molar-refractivity contribution < 1.29 is 86.5 Å². The minimum atomic E-state index is -5.27. The minimum absolute atomic E-state index is 0.127. The molecule has 3 aliphatic rings. The fourth-order valence-electron chi connectivity index (χ4n) is 5.23. The third-order valence-corrected chi connectivity index (χ3v) is 8.09. The van der Waals surface area contributed by atoms with E-state index in [1.54, 1.807) is 18.2 Å². The second-order valence-corrected chi connectivity index (χ2v) is 11.7. The zero-order chi connectivity index (χ0) is 33.2. The van der Waals surface area contributed by atoms with Crippen molar-refractivity contribution in [3.8, 4) is 0 Å².